The van der Waals surface area contributed by atoms with Crippen molar-refractivity contribution in [2.24, 2.45) is 10.8 Å². The van der Waals surface area contributed by atoms with Crippen LogP contribution in [-0.4, -0.2) is 145 Å². The highest BCUT2D eigenvalue weighted by Gasteiger charge is 2.39. The molecule has 5 heterocycles. The van der Waals surface area contributed by atoms with Crippen LogP contribution in [0.3, 0.4) is 0 Å². The average Bonchev–Trinajstić information content (AvgIpc) is 3.49. The van der Waals surface area contributed by atoms with Crippen LogP contribution in [0.2, 0.25) is 0 Å². The third-order valence-corrected chi connectivity index (χ3v) is 17.4. The number of ether oxygens (including phenoxy) is 8. The smallest absolute Gasteiger partial charge is 0.272 e. The lowest BCUT2D eigenvalue weighted by atomic mass is 9.90. The molecule has 2 amide bonds. The van der Waals surface area contributed by atoms with Gasteiger partial charge in [-0.1, -0.05) is 91.0 Å². The van der Waals surface area contributed by atoms with E-state index in [0.717, 1.165) is 50.8 Å². The molecular formula is C71H80N4O14. The fourth-order valence-electron chi connectivity index (χ4n) is 11.1. The van der Waals surface area contributed by atoms with Gasteiger partial charge in [-0.3, -0.25) is 19.6 Å². The summed E-state index contributed by atoms with van der Waals surface area (Å²) in [6.07, 6.45) is 7.91. The summed E-state index contributed by atoms with van der Waals surface area (Å²) in [7, 11) is 3.28. The highest BCUT2D eigenvalue weighted by Crippen LogP contribution is 2.42. The Hall–Kier alpha value is -7.78. The summed E-state index contributed by atoms with van der Waals surface area (Å²) in [4.78, 5) is 38.5. The van der Waals surface area contributed by atoms with Gasteiger partial charge in [0.05, 0.1) is 91.1 Å². The Bertz CT molecular complexity index is 3440. The molecule has 0 atom stereocenters. The van der Waals surface area contributed by atoms with Gasteiger partial charge in [0.25, 0.3) is 11.8 Å². The van der Waals surface area contributed by atoms with Crippen LogP contribution in [0, 0.1) is 10.8 Å². The summed E-state index contributed by atoms with van der Waals surface area (Å²) in [6, 6.07) is 46.1. The van der Waals surface area contributed by atoms with Crippen molar-refractivity contribution in [2.45, 2.75) is 82.1 Å². The van der Waals surface area contributed by atoms with E-state index >= 15 is 0 Å². The van der Waals surface area contributed by atoms with Crippen molar-refractivity contribution >= 4 is 11.8 Å². The van der Waals surface area contributed by atoms with Crippen LogP contribution in [0.1, 0.15) is 127 Å². The first-order chi connectivity index (χ1) is 43.5. The van der Waals surface area contributed by atoms with Crippen molar-refractivity contribution in [3.63, 3.8) is 0 Å². The molecule has 0 unspecified atom stereocenters. The van der Waals surface area contributed by atoms with E-state index in [1.807, 2.05) is 66.7 Å². The highest BCUT2D eigenvalue weighted by molar-refractivity contribution is 5.93. The normalized spacial score (nSPS) is 18.5. The number of carbonyl (C=O) groups excluding carboxylic acids is 2. The minimum absolute atomic E-state index is 0.0172. The molecule has 0 bridgehead atoms. The molecule has 2 aromatic heterocycles. The van der Waals surface area contributed by atoms with E-state index in [-0.39, 0.29) is 56.7 Å². The Kier molecular flexibility index (Phi) is 20.6. The second-order valence-electron chi connectivity index (χ2n) is 24.3. The molecule has 5 aliphatic rings. The molecule has 468 valence electrons. The summed E-state index contributed by atoms with van der Waals surface area (Å²) in [5.74, 6) is 4.35. The Morgan fingerprint density at radius 3 is 1.38 bits per heavy atom. The summed E-state index contributed by atoms with van der Waals surface area (Å²) < 4.78 is 46.9. The Morgan fingerprint density at radius 2 is 0.955 bits per heavy atom. The standard InChI is InChI=1S/C39H42N2O7.C32H38N2O7/c1-44-36-18-32(13-14-35(36)46-22-27-7-9-29(10-8-27)30-11-12-30)33-19-41(20-33)37(43)34-17-28(15-16-40-34)21-45-24-39(23-42)25-47-38(48-26-39)31-5-3-2-4-6-31;1-39-30-13-26(8-9-29(30)41-17-22-2-4-24(5-3-22)25-6-7-25)27-14-34(15-27)31(38)28-12-23(10-11-33-28)16-40-21-32(18-35,19-36)20-37/h2-10,13-18,30,33,38,42H,11-12,19-26H2,1H3;2-5,8-13,25,27,35-37H,6-7,14-21H2,1H3. The first-order valence-electron chi connectivity index (χ1n) is 30.6. The maximum atomic E-state index is 13.3. The molecule has 2 aliphatic carbocycles. The number of aliphatic hydroxyl groups excluding tert-OH is 4. The van der Waals surface area contributed by atoms with Crippen LogP contribution in [0.25, 0.3) is 0 Å². The lowest BCUT2D eigenvalue weighted by molar-refractivity contribution is -0.252. The van der Waals surface area contributed by atoms with E-state index in [2.05, 4.69) is 64.6 Å². The molecule has 89 heavy (non-hydrogen) atoms. The number of nitrogens with zero attached hydrogens (tertiary/aromatic N) is 4. The average molecular weight is 1210 g/mol. The number of amides is 2. The molecule has 18 nitrogen and oxygen atoms in total. The Balaban J connectivity index is 0.000000186. The maximum absolute atomic E-state index is 13.3. The molecule has 12 rings (SSSR count). The van der Waals surface area contributed by atoms with Gasteiger partial charge in [0.15, 0.2) is 29.3 Å². The zero-order chi connectivity index (χ0) is 61.7. The summed E-state index contributed by atoms with van der Waals surface area (Å²) in [5, 5.41) is 38.5. The van der Waals surface area contributed by atoms with E-state index in [1.165, 1.54) is 36.8 Å². The van der Waals surface area contributed by atoms with Gasteiger partial charge in [-0.15, -0.1) is 0 Å². The van der Waals surface area contributed by atoms with Crippen molar-refractivity contribution in [3.05, 3.63) is 213 Å². The number of carbonyl (C=O) groups is 2. The van der Waals surface area contributed by atoms with Crippen molar-refractivity contribution in [1.29, 1.82) is 0 Å². The lowest BCUT2D eigenvalue weighted by Crippen LogP contribution is -2.48. The van der Waals surface area contributed by atoms with E-state index < -0.39 is 36.9 Å². The number of rotatable bonds is 27. The van der Waals surface area contributed by atoms with Crippen LogP contribution in [0.4, 0.5) is 0 Å². The number of pyridine rings is 2. The summed E-state index contributed by atoms with van der Waals surface area (Å²) in [5.41, 5.74) is 8.72. The van der Waals surface area contributed by atoms with E-state index in [0.29, 0.717) is 87.0 Å². The zero-order valence-electron chi connectivity index (χ0n) is 50.6. The predicted octanol–water partition coefficient (Wildman–Crippen LogP) is 9.29. The second kappa shape index (κ2) is 29.2. The molecular weight excluding hydrogens is 1130 g/mol. The van der Waals surface area contributed by atoms with E-state index in [4.69, 9.17) is 37.9 Å². The fourth-order valence-corrected chi connectivity index (χ4v) is 11.1. The van der Waals surface area contributed by atoms with E-state index in [1.54, 1.807) is 54.6 Å². The topological polar surface area (TPSA) is 221 Å². The quantitative estimate of drug-likeness (QED) is 0.0377. The Labute approximate surface area is 519 Å². The van der Waals surface area contributed by atoms with Gasteiger partial charge in [-0.25, -0.2) is 0 Å². The number of hydrogen-bond donors (Lipinski definition) is 4. The fraction of sp³-hybridized carbons (Fsp3) is 0.408. The number of benzene rings is 5. The number of methoxy groups -OCH3 is 2. The van der Waals surface area contributed by atoms with Crippen LogP contribution < -0.4 is 18.9 Å². The summed E-state index contributed by atoms with van der Waals surface area (Å²) >= 11 is 0. The summed E-state index contributed by atoms with van der Waals surface area (Å²) in [6.45, 7) is 3.27. The van der Waals surface area contributed by atoms with Crippen molar-refractivity contribution < 1.29 is 67.9 Å². The van der Waals surface area contributed by atoms with Gasteiger partial charge in [-0.05, 0) is 131 Å². The number of aromatic nitrogens is 2. The minimum atomic E-state index is -1.10. The highest BCUT2D eigenvalue weighted by atomic mass is 16.7. The molecule has 3 aliphatic heterocycles. The van der Waals surface area contributed by atoms with Gasteiger partial charge in [-0.2, -0.15) is 0 Å². The van der Waals surface area contributed by atoms with Gasteiger partial charge < -0.3 is 68.1 Å². The Morgan fingerprint density at radius 1 is 0.506 bits per heavy atom. The van der Waals surface area contributed by atoms with Crippen LogP contribution in [-0.2, 0) is 45.4 Å². The first kappa shape index (κ1) is 62.8. The number of likely N-dealkylation sites (tertiary alicyclic amines) is 2. The van der Waals surface area contributed by atoms with Gasteiger partial charge in [0.1, 0.15) is 24.6 Å². The molecule has 0 spiro atoms. The van der Waals surface area contributed by atoms with Gasteiger partial charge in [0, 0.05) is 56.0 Å². The van der Waals surface area contributed by atoms with Gasteiger partial charge in [0.2, 0.25) is 0 Å². The lowest BCUT2D eigenvalue weighted by Gasteiger charge is -2.39. The molecule has 3 saturated heterocycles. The third-order valence-electron chi connectivity index (χ3n) is 17.4. The molecule has 5 aromatic carbocycles. The second-order valence-corrected chi connectivity index (χ2v) is 24.3. The molecule has 18 heteroatoms. The molecule has 4 N–H and O–H groups in total. The van der Waals surface area contributed by atoms with E-state index in [9.17, 15) is 30.0 Å². The zero-order valence-corrected chi connectivity index (χ0v) is 50.6. The number of hydrogen-bond acceptors (Lipinski definition) is 16. The van der Waals surface area contributed by atoms with Crippen LogP contribution in [0.5, 0.6) is 23.0 Å². The van der Waals surface area contributed by atoms with Crippen molar-refractivity contribution in [1.82, 2.24) is 19.8 Å². The molecule has 7 aromatic rings. The first-order valence-corrected chi connectivity index (χ1v) is 30.6. The monoisotopic (exact) mass is 1210 g/mol. The SMILES string of the molecule is COc1cc(C2CN(C(=O)c3cc(COCC(CO)(CO)CO)ccn3)C2)ccc1OCc1ccc(C2CC2)cc1.COc1cc(C2CN(C(=O)c3cc(COCC4(CO)COC(c5ccccc5)OC4)ccn3)C2)ccc1OCc1ccc(C2CC2)cc1. The molecule has 2 saturated carbocycles. The molecule has 5 fully saturated rings. The maximum Gasteiger partial charge on any atom is 0.272 e. The van der Waals surface area contributed by atoms with Crippen LogP contribution in [0.15, 0.2) is 152 Å². The predicted molar refractivity (Wildman–Crippen MR) is 331 cm³/mol. The van der Waals surface area contributed by atoms with Gasteiger partial charge >= 0.3 is 0 Å². The largest absolute Gasteiger partial charge is 0.493 e. The number of aliphatic hydroxyl groups is 4. The van der Waals surface area contributed by atoms with Crippen molar-refractivity contribution in [3.8, 4) is 23.0 Å². The van der Waals surface area contributed by atoms with Crippen molar-refractivity contribution in [2.75, 3.05) is 93.3 Å². The third kappa shape index (κ3) is 15.8. The van der Waals surface area contributed by atoms with Crippen LogP contribution >= 0.6 is 0 Å². The minimum Gasteiger partial charge on any atom is -0.493 e. The molecule has 0 radical (unpaired) electrons.